The summed E-state index contributed by atoms with van der Waals surface area (Å²) in [5.41, 5.74) is 1.00. The van der Waals surface area contributed by atoms with Crippen LogP contribution in [0.25, 0.3) is 0 Å². The minimum atomic E-state index is -0.344. The van der Waals surface area contributed by atoms with Crippen LogP contribution in [0.5, 0.6) is 0 Å². The summed E-state index contributed by atoms with van der Waals surface area (Å²) in [6.07, 6.45) is 2.46. The second-order valence-corrected chi connectivity index (χ2v) is 6.40. The lowest BCUT2D eigenvalue weighted by Gasteiger charge is -2.47. The van der Waals surface area contributed by atoms with Crippen molar-refractivity contribution in [3.8, 4) is 0 Å². The SMILES string of the molecule is OC1(C2CC2)CN(Cc2ccc(I)cc2)C1. The first kappa shape index (κ1) is 11.0. The zero-order chi connectivity index (χ0) is 11.2. The van der Waals surface area contributed by atoms with Crippen LogP contribution in [0.15, 0.2) is 24.3 Å². The molecular weight excluding hydrogens is 313 g/mol. The van der Waals surface area contributed by atoms with Gasteiger partial charge in [-0.25, -0.2) is 0 Å². The first-order valence-corrected chi connectivity index (χ1v) is 6.93. The largest absolute Gasteiger partial charge is 0.387 e. The molecule has 0 atom stereocenters. The van der Waals surface area contributed by atoms with Gasteiger partial charge in [-0.2, -0.15) is 0 Å². The normalized spacial score (nSPS) is 24.1. The molecule has 1 saturated carbocycles. The number of likely N-dealkylation sites (tertiary alicyclic amines) is 1. The monoisotopic (exact) mass is 329 g/mol. The van der Waals surface area contributed by atoms with Gasteiger partial charge in [0.05, 0.1) is 5.60 Å². The quantitative estimate of drug-likeness (QED) is 0.860. The van der Waals surface area contributed by atoms with Gasteiger partial charge in [-0.05, 0) is 59.0 Å². The molecule has 1 N–H and O–H groups in total. The van der Waals surface area contributed by atoms with Crippen LogP contribution in [-0.4, -0.2) is 28.7 Å². The van der Waals surface area contributed by atoms with Crippen molar-refractivity contribution in [2.24, 2.45) is 5.92 Å². The maximum Gasteiger partial charge on any atom is 0.0928 e. The lowest BCUT2D eigenvalue weighted by atomic mass is 9.88. The van der Waals surface area contributed by atoms with Crippen LogP contribution in [0.2, 0.25) is 0 Å². The number of halogens is 1. The number of rotatable bonds is 3. The Balaban J connectivity index is 1.55. The van der Waals surface area contributed by atoms with Crippen LogP contribution in [0.1, 0.15) is 18.4 Å². The van der Waals surface area contributed by atoms with Gasteiger partial charge in [0.15, 0.2) is 0 Å². The summed E-state index contributed by atoms with van der Waals surface area (Å²) in [6.45, 7) is 2.71. The van der Waals surface area contributed by atoms with Crippen LogP contribution in [0.4, 0.5) is 0 Å². The molecule has 0 spiro atoms. The Bertz CT molecular complexity index is 379. The van der Waals surface area contributed by atoms with E-state index < -0.39 is 0 Å². The first-order chi connectivity index (χ1) is 7.66. The summed E-state index contributed by atoms with van der Waals surface area (Å²) in [5.74, 6) is 0.598. The molecule has 0 unspecified atom stereocenters. The lowest BCUT2D eigenvalue weighted by molar-refractivity contribution is -0.116. The predicted octanol–water partition coefficient (Wildman–Crippen LogP) is 2.25. The first-order valence-electron chi connectivity index (χ1n) is 5.85. The Morgan fingerprint density at radius 1 is 1.25 bits per heavy atom. The second kappa shape index (κ2) is 3.96. The standard InChI is InChI=1S/C13H16INO/c14-12-5-1-10(2-6-12)7-15-8-13(16,9-15)11-3-4-11/h1-2,5-6,11,16H,3-4,7-9H2. The zero-order valence-corrected chi connectivity index (χ0v) is 11.4. The molecule has 0 amide bonds. The molecule has 0 bridgehead atoms. The van der Waals surface area contributed by atoms with Gasteiger partial charge in [0.1, 0.15) is 0 Å². The van der Waals surface area contributed by atoms with Gasteiger partial charge in [0.2, 0.25) is 0 Å². The van der Waals surface area contributed by atoms with Crippen molar-refractivity contribution in [3.05, 3.63) is 33.4 Å². The fraction of sp³-hybridized carbons (Fsp3) is 0.538. The van der Waals surface area contributed by atoms with Crippen molar-refractivity contribution in [1.29, 1.82) is 0 Å². The fourth-order valence-corrected chi connectivity index (χ4v) is 2.93. The highest BCUT2D eigenvalue weighted by Gasteiger charge is 2.51. The van der Waals surface area contributed by atoms with Gasteiger partial charge in [-0.1, -0.05) is 12.1 Å². The van der Waals surface area contributed by atoms with Gasteiger partial charge in [-0.15, -0.1) is 0 Å². The van der Waals surface area contributed by atoms with Crippen LogP contribution in [0.3, 0.4) is 0 Å². The van der Waals surface area contributed by atoms with Crippen molar-refractivity contribution in [3.63, 3.8) is 0 Å². The third-order valence-electron chi connectivity index (χ3n) is 3.65. The molecule has 1 aliphatic heterocycles. The Hall–Kier alpha value is -0.130. The molecule has 3 heteroatoms. The Kier molecular flexibility index (Phi) is 2.72. The van der Waals surface area contributed by atoms with Crippen molar-refractivity contribution >= 4 is 22.6 Å². The van der Waals surface area contributed by atoms with E-state index in [9.17, 15) is 5.11 Å². The summed E-state index contributed by atoms with van der Waals surface area (Å²) in [4.78, 5) is 2.33. The van der Waals surface area contributed by atoms with E-state index in [1.165, 1.54) is 22.0 Å². The number of hydrogen-bond acceptors (Lipinski definition) is 2. The Morgan fingerprint density at radius 2 is 1.88 bits per heavy atom. The smallest absolute Gasteiger partial charge is 0.0928 e. The van der Waals surface area contributed by atoms with E-state index in [2.05, 4.69) is 51.8 Å². The molecule has 2 nitrogen and oxygen atoms in total. The third kappa shape index (κ3) is 2.13. The maximum absolute atomic E-state index is 10.2. The second-order valence-electron chi connectivity index (χ2n) is 5.15. The molecule has 0 radical (unpaired) electrons. The van der Waals surface area contributed by atoms with E-state index in [1.807, 2.05) is 0 Å². The Morgan fingerprint density at radius 3 is 2.44 bits per heavy atom. The molecular formula is C13H16INO. The van der Waals surface area contributed by atoms with Gasteiger partial charge >= 0.3 is 0 Å². The van der Waals surface area contributed by atoms with Gasteiger partial charge in [-0.3, -0.25) is 4.90 Å². The molecule has 16 heavy (non-hydrogen) atoms. The summed E-state index contributed by atoms with van der Waals surface area (Å²) >= 11 is 2.32. The van der Waals surface area contributed by atoms with Crippen LogP contribution in [-0.2, 0) is 6.54 Å². The number of nitrogens with zero attached hydrogens (tertiary/aromatic N) is 1. The molecule has 1 heterocycles. The molecule has 1 saturated heterocycles. The molecule has 1 aliphatic carbocycles. The van der Waals surface area contributed by atoms with Crippen LogP contribution >= 0.6 is 22.6 Å². The van der Waals surface area contributed by atoms with Crippen molar-refractivity contribution in [1.82, 2.24) is 4.90 Å². The maximum atomic E-state index is 10.2. The van der Waals surface area contributed by atoms with E-state index in [1.54, 1.807) is 0 Å². The fourth-order valence-electron chi connectivity index (χ4n) is 2.57. The van der Waals surface area contributed by atoms with Gasteiger partial charge in [0, 0.05) is 23.2 Å². The number of hydrogen-bond donors (Lipinski definition) is 1. The summed E-state index contributed by atoms with van der Waals surface area (Å²) in [6, 6.07) is 8.64. The molecule has 0 aromatic heterocycles. The topological polar surface area (TPSA) is 23.5 Å². The van der Waals surface area contributed by atoms with Crippen molar-refractivity contribution in [2.45, 2.75) is 25.0 Å². The minimum absolute atomic E-state index is 0.344. The summed E-state index contributed by atoms with van der Waals surface area (Å²) < 4.78 is 1.28. The van der Waals surface area contributed by atoms with E-state index >= 15 is 0 Å². The van der Waals surface area contributed by atoms with Crippen molar-refractivity contribution < 1.29 is 5.11 Å². The van der Waals surface area contributed by atoms with Gasteiger partial charge in [0.25, 0.3) is 0 Å². The van der Waals surface area contributed by atoms with Gasteiger partial charge < -0.3 is 5.11 Å². The van der Waals surface area contributed by atoms with E-state index in [0.29, 0.717) is 5.92 Å². The predicted molar refractivity (Wildman–Crippen MR) is 72.1 cm³/mol. The molecule has 2 fully saturated rings. The third-order valence-corrected chi connectivity index (χ3v) is 4.37. The van der Waals surface area contributed by atoms with Crippen LogP contribution < -0.4 is 0 Å². The molecule has 3 rings (SSSR count). The number of β-amino-alcohol motifs (C(OH)–C–C–N with tert-alkyl or cyclic N) is 1. The number of benzene rings is 1. The molecule has 86 valence electrons. The van der Waals surface area contributed by atoms with Crippen molar-refractivity contribution in [2.75, 3.05) is 13.1 Å². The Labute approximate surface area is 110 Å². The average Bonchev–Trinajstić information content (AvgIpc) is 3.02. The highest BCUT2D eigenvalue weighted by Crippen LogP contribution is 2.44. The zero-order valence-electron chi connectivity index (χ0n) is 9.19. The van der Waals surface area contributed by atoms with Crippen LogP contribution in [0, 0.1) is 9.49 Å². The van der Waals surface area contributed by atoms with E-state index in [0.717, 1.165) is 19.6 Å². The molecule has 1 aromatic rings. The molecule has 2 aliphatic rings. The molecule has 1 aromatic carbocycles. The summed E-state index contributed by atoms with van der Waals surface area (Å²) in [7, 11) is 0. The minimum Gasteiger partial charge on any atom is -0.387 e. The average molecular weight is 329 g/mol. The highest BCUT2D eigenvalue weighted by molar-refractivity contribution is 14.1. The van der Waals surface area contributed by atoms with E-state index in [-0.39, 0.29) is 5.60 Å². The summed E-state index contributed by atoms with van der Waals surface area (Å²) in [5, 5.41) is 10.2. The number of aliphatic hydroxyl groups is 1. The lowest BCUT2D eigenvalue weighted by Crippen LogP contribution is -2.62. The van der Waals surface area contributed by atoms with E-state index in [4.69, 9.17) is 0 Å². The highest BCUT2D eigenvalue weighted by atomic mass is 127.